The Morgan fingerprint density at radius 3 is 2.42 bits per heavy atom. The van der Waals surface area contributed by atoms with Crippen molar-refractivity contribution in [1.82, 2.24) is 0 Å². The second-order valence-electron chi connectivity index (χ2n) is 6.31. The summed E-state index contributed by atoms with van der Waals surface area (Å²) < 4.78 is 0. The van der Waals surface area contributed by atoms with Gasteiger partial charge >= 0.3 is 0 Å². The van der Waals surface area contributed by atoms with E-state index in [2.05, 4.69) is 27.7 Å². The van der Waals surface area contributed by atoms with Crippen LogP contribution in [0.3, 0.4) is 0 Å². The molecule has 2 N–H and O–H groups in total. The molecule has 1 saturated heterocycles. The van der Waals surface area contributed by atoms with Gasteiger partial charge in [-0.3, -0.25) is 4.79 Å². The summed E-state index contributed by atoms with van der Waals surface area (Å²) in [7, 11) is 0. The topological polar surface area (TPSA) is 44.4 Å². The molecule has 0 aromatic heterocycles. The van der Waals surface area contributed by atoms with Crippen molar-refractivity contribution in [3.8, 4) is 0 Å². The Bertz CT molecular complexity index is 676. The van der Waals surface area contributed by atoms with Crippen LogP contribution in [-0.2, 0) is 4.79 Å². The number of anilines is 3. The first kappa shape index (κ1) is 16.4. The number of rotatable bonds is 5. The zero-order valence-corrected chi connectivity index (χ0v) is 14.2. The molecule has 0 radical (unpaired) electrons. The second kappa shape index (κ2) is 7.86. The molecule has 1 amide bonds. The van der Waals surface area contributed by atoms with E-state index >= 15 is 0 Å². The van der Waals surface area contributed by atoms with E-state index in [1.165, 1.54) is 24.9 Å². The van der Waals surface area contributed by atoms with Crippen molar-refractivity contribution >= 4 is 23.0 Å². The molecule has 24 heavy (non-hydrogen) atoms. The lowest BCUT2D eigenvalue weighted by atomic mass is 10.1. The van der Waals surface area contributed by atoms with Crippen LogP contribution >= 0.6 is 0 Å². The van der Waals surface area contributed by atoms with Gasteiger partial charge in [-0.05, 0) is 62.1 Å². The number of nitrogens with one attached hydrogen (secondary N) is 2. The van der Waals surface area contributed by atoms with E-state index in [1.807, 2.05) is 43.3 Å². The highest BCUT2D eigenvalue weighted by Crippen LogP contribution is 2.21. The summed E-state index contributed by atoms with van der Waals surface area (Å²) >= 11 is 0. The molecular formula is C20H25N3O. The Morgan fingerprint density at radius 2 is 1.71 bits per heavy atom. The van der Waals surface area contributed by atoms with Gasteiger partial charge < -0.3 is 15.5 Å². The van der Waals surface area contributed by atoms with Crippen molar-refractivity contribution in [1.29, 1.82) is 0 Å². The maximum absolute atomic E-state index is 12.1. The molecule has 2 aromatic rings. The van der Waals surface area contributed by atoms with Crippen molar-refractivity contribution < 1.29 is 4.79 Å². The molecule has 3 rings (SSSR count). The molecule has 0 unspecified atom stereocenters. The molecule has 126 valence electrons. The maximum Gasteiger partial charge on any atom is 0.243 e. The Morgan fingerprint density at radius 1 is 1.00 bits per heavy atom. The smallest absolute Gasteiger partial charge is 0.243 e. The normalized spacial score (nSPS) is 14.3. The average Bonchev–Trinajstić information content (AvgIpc) is 2.63. The standard InChI is InChI=1S/C20H25N3O/c1-16-7-3-4-8-19(16)22-20(24)15-21-17-9-11-18(12-10-17)23-13-5-2-6-14-23/h3-4,7-12,21H,2,5-6,13-15H2,1H3,(H,22,24). The van der Waals surface area contributed by atoms with Crippen LogP contribution in [0.5, 0.6) is 0 Å². The largest absolute Gasteiger partial charge is 0.376 e. The number of carbonyl (C=O) groups excluding carboxylic acids is 1. The summed E-state index contributed by atoms with van der Waals surface area (Å²) in [6, 6.07) is 16.2. The molecule has 4 heteroatoms. The second-order valence-corrected chi connectivity index (χ2v) is 6.31. The van der Waals surface area contributed by atoms with Gasteiger partial charge in [0.15, 0.2) is 0 Å². The van der Waals surface area contributed by atoms with E-state index in [0.29, 0.717) is 0 Å². The van der Waals surface area contributed by atoms with E-state index < -0.39 is 0 Å². The van der Waals surface area contributed by atoms with Crippen LogP contribution in [0.4, 0.5) is 17.1 Å². The van der Waals surface area contributed by atoms with Crippen molar-refractivity contribution in [3.63, 3.8) is 0 Å². The number of nitrogens with zero attached hydrogens (tertiary/aromatic N) is 1. The van der Waals surface area contributed by atoms with E-state index in [-0.39, 0.29) is 12.5 Å². The van der Waals surface area contributed by atoms with Gasteiger partial charge in [0.2, 0.25) is 5.91 Å². The predicted molar refractivity (Wildman–Crippen MR) is 101 cm³/mol. The zero-order valence-electron chi connectivity index (χ0n) is 14.2. The number of amides is 1. The lowest BCUT2D eigenvalue weighted by molar-refractivity contribution is -0.114. The van der Waals surface area contributed by atoms with E-state index in [1.54, 1.807) is 0 Å². The van der Waals surface area contributed by atoms with Gasteiger partial charge in [0, 0.05) is 30.2 Å². The van der Waals surface area contributed by atoms with Crippen LogP contribution in [-0.4, -0.2) is 25.5 Å². The Kier molecular flexibility index (Phi) is 5.36. The van der Waals surface area contributed by atoms with Crippen LogP contribution in [0.15, 0.2) is 48.5 Å². The molecule has 0 aliphatic carbocycles. The molecule has 0 saturated carbocycles. The van der Waals surface area contributed by atoms with Crippen molar-refractivity contribution in [2.75, 3.05) is 35.2 Å². The van der Waals surface area contributed by atoms with Crippen LogP contribution < -0.4 is 15.5 Å². The minimum absolute atomic E-state index is 0.0376. The van der Waals surface area contributed by atoms with Gasteiger partial charge in [-0.2, -0.15) is 0 Å². The highest BCUT2D eigenvalue weighted by molar-refractivity contribution is 5.94. The monoisotopic (exact) mass is 323 g/mol. The lowest BCUT2D eigenvalue weighted by Crippen LogP contribution is -2.29. The maximum atomic E-state index is 12.1. The molecule has 1 aliphatic heterocycles. The average molecular weight is 323 g/mol. The fourth-order valence-electron chi connectivity index (χ4n) is 3.03. The third-order valence-electron chi connectivity index (χ3n) is 4.46. The minimum atomic E-state index is -0.0376. The predicted octanol–water partition coefficient (Wildman–Crippen LogP) is 4.04. The van der Waals surface area contributed by atoms with Gasteiger partial charge in [0.1, 0.15) is 0 Å². The number of carbonyl (C=O) groups is 1. The van der Waals surface area contributed by atoms with Crippen molar-refractivity contribution in [3.05, 3.63) is 54.1 Å². The molecule has 4 nitrogen and oxygen atoms in total. The lowest BCUT2D eigenvalue weighted by Gasteiger charge is -2.28. The number of hydrogen-bond donors (Lipinski definition) is 2. The first-order valence-corrected chi connectivity index (χ1v) is 8.67. The minimum Gasteiger partial charge on any atom is -0.376 e. The molecule has 1 aliphatic rings. The number of benzene rings is 2. The van der Waals surface area contributed by atoms with Gasteiger partial charge in [0.25, 0.3) is 0 Å². The summed E-state index contributed by atoms with van der Waals surface area (Å²) in [5.74, 6) is -0.0376. The van der Waals surface area contributed by atoms with E-state index in [4.69, 9.17) is 0 Å². The van der Waals surface area contributed by atoms with Crippen LogP contribution in [0.2, 0.25) is 0 Å². The third-order valence-corrected chi connectivity index (χ3v) is 4.46. The van der Waals surface area contributed by atoms with Gasteiger partial charge in [0.05, 0.1) is 6.54 Å². The Labute approximate surface area is 143 Å². The van der Waals surface area contributed by atoms with E-state index in [9.17, 15) is 4.79 Å². The summed E-state index contributed by atoms with van der Waals surface area (Å²) in [4.78, 5) is 14.5. The first-order chi connectivity index (χ1) is 11.7. The van der Waals surface area contributed by atoms with Gasteiger partial charge in [-0.1, -0.05) is 18.2 Å². The quantitative estimate of drug-likeness (QED) is 0.873. The summed E-state index contributed by atoms with van der Waals surface area (Å²) in [6.07, 6.45) is 3.89. The van der Waals surface area contributed by atoms with Crippen LogP contribution in [0.25, 0.3) is 0 Å². The number of piperidine rings is 1. The van der Waals surface area contributed by atoms with Crippen LogP contribution in [0.1, 0.15) is 24.8 Å². The summed E-state index contributed by atoms with van der Waals surface area (Å²) in [6.45, 7) is 4.54. The van der Waals surface area contributed by atoms with Crippen molar-refractivity contribution in [2.45, 2.75) is 26.2 Å². The molecule has 1 heterocycles. The highest BCUT2D eigenvalue weighted by atomic mass is 16.1. The van der Waals surface area contributed by atoms with Gasteiger partial charge in [-0.15, -0.1) is 0 Å². The third kappa shape index (κ3) is 4.28. The molecule has 1 fully saturated rings. The first-order valence-electron chi connectivity index (χ1n) is 8.67. The molecule has 0 atom stereocenters. The van der Waals surface area contributed by atoms with Crippen LogP contribution in [0, 0.1) is 6.92 Å². The molecule has 0 spiro atoms. The van der Waals surface area contributed by atoms with Gasteiger partial charge in [-0.25, -0.2) is 0 Å². The molecule has 0 bridgehead atoms. The fraction of sp³-hybridized carbons (Fsp3) is 0.350. The summed E-state index contributed by atoms with van der Waals surface area (Å²) in [5.41, 5.74) is 4.17. The number of hydrogen-bond acceptors (Lipinski definition) is 3. The zero-order chi connectivity index (χ0) is 16.8. The Hall–Kier alpha value is -2.49. The molecular weight excluding hydrogens is 298 g/mol. The summed E-state index contributed by atoms with van der Waals surface area (Å²) in [5, 5.41) is 6.12. The Balaban J connectivity index is 1.51. The van der Waals surface area contributed by atoms with E-state index in [0.717, 1.165) is 30.0 Å². The number of para-hydroxylation sites is 1. The molecule has 2 aromatic carbocycles. The SMILES string of the molecule is Cc1ccccc1NC(=O)CNc1ccc(N2CCCCC2)cc1. The number of aryl methyl sites for hydroxylation is 1. The van der Waals surface area contributed by atoms with Crippen molar-refractivity contribution in [2.24, 2.45) is 0 Å². The fourth-order valence-corrected chi connectivity index (χ4v) is 3.03. The highest BCUT2D eigenvalue weighted by Gasteiger charge is 2.10.